The minimum atomic E-state index is -0.705. The maximum Gasteiger partial charge on any atom is 0.350 e. The smallest absolute Gasteiger partial charge is 0.350 e. The Balaban J connectivity index is 2.36. The summed E-state index contributed by atoms with van der Waals surface area (Å²) in [7, 11) is 0. The van der Waals surface area contributed by atoms with Crippen molar-refractivity contribution in [3.05, 3.63) is 52.6 Å². The topological polar surface area (TPSA) is 73.8 Å². The number of halogens is 1. The lowest BCUT2D eigenvalue weighted by Gasteiger charge is -2.05. The van der Waals surface area contributed by atoms with Crippen LogP contribution in [0.5, 0.6) is 0 Å². The highest BCUT2D eigenvalue weighted by molar-refractivity contribution is 5.26. The summed E-state index contributed by atoms with van der Waals surface area (Å²) in [5, 5.41) is 0. The number of hydrogen-bond donors (Lipinski definition) is 1. The maximum atomic E-state index is 13.1. The molecule has 0 amide bonds. The van der Waals surface area contributed by atoms with E-state index in [1.54, 1.807) is 24.5 Å². The number of nitrogens with two attached hydrogens (primary N) is 1. The predicted molar refractivity (Wildman–Crippen MR) is 56.2 cm³/mol. The molecule has 0 unspecified atom stereocenters. The Labute approximate surface area is 90.4 Å². The van der Waals surface area contributed by atoms with E-state index in [0.29, 0.717) is 0 Å². The molecule has 6 heteroatoms. The van der Waals surface area contributed by atoms with Crippen LogP contribution < -0.4 is 11.4 Å². The maximum absolute atomic E-state index is 13.1. The summed E-state index contributed by atoms with van der Waals surface area (Å²) >= 11 is 0. The molecule has 0 radical (unpaired) electrons. The van der Waals surface area contributed by atoms with Crippen LogP contribution in [0.3, 0.4) is 0 Å². The average molecular weight is 220 g/mol. The molecule has 0 aromatic carbocycles. The van der Waals surface area contributed by atoms with Gasteiger partial charge in [0.1, 0.15) is 0 Å². The van der Waals surface area contributed by atoms with Gasteiger partial charge in [-0.1, -0.05) is 6.07 Å². The number of anilines is 1. The minimum absolute atomic E-state index is 0.219. The van der Waals surface area contributed by atoms with Gasteiger partial charge < -0.3 is 5.73 Å². The lowest BCUT2D eigenvalue weighted by Crippen LogP contribution is -2.25. The first-order valence-electron chi connectivity index (χ1n) is 4.58. The molecular formula is C10H9FN4O. The molecule has 82 valence electrons. The molecule has 16 heavy (non-hydrogen) atoms. The van der Waals surface area contributed by atoms with Crippen LogP contribution in [0.1, 0.15) is 5.56 Å². The predicted octanol–water partition coefficient (Wildman–Crippen LogP) is 0.408. The van der Waals surface area contributed by atoms with Crippen molar-refractivity contribution < 1.29 is 4.39 Å². The van der Waals surface area contributed by atoms with Gasteiger partial charge in [0, 0.05) is 18.6 Å². The Kier molecular flexibility index (Phi) is 2.63. The summed E-state index contributed by atoms with van der Waals surface area (Å²) in [5.41, 5.74) is 5.38. The Hall–Kier alpha value is -2.24. The normalized spacial score (nSPS) is 10.3. The first-order chi connectivity index (χ1) is 7.66. The molecule has 0 bridgehead atoms. The zero-order valence-electron chi connectivity index (χ0n) is 8.30. The fourth-order valence-electron chi connectivity index (χ4n) is 1.28. The minimum Gasteiger partial charge on any atom is -0.381 e. The SMILES string of the molecule is Nc1nc(=O)n(Cc2cccnc2)cc1F. The molecule has 0 spiro atoms. The summed E-state index contributed by atoms with van der Waals surface area (Å²) in [6.45, 7) is 0.219. The second kappa shape index (κ2) is 4.09. The molecule has 0 aliphatic rings. The van der Waals surface area contributed by atoms with Crippen LogP contribution in [0, 0.1) is 5.82 Å². The van der Waals surface area contributed by atoms with Crippen LogP contribution in [0.25, 0.3) is 0 Å². The Bertz CT molecular complexity index is 552. The summed E-state index contributed by atoms with van der Waals surface area (Å²) in [4.78, 5) is 18.6. The molecule has 2 heterocycles. The van der Waals surface area contributed by atoms with Crippen molar-refractivity contribution in [1.29, 1.82) is 0 Å². The van der Waals surface area contributed by atoms with Crippen molar-refractivity contribution in [3.8, 4) is 0 Å². The second-order valence-electron chi connectivity index (χ2n) is 3.25. The van der Waals surface area contributed by atoms with Gasteiger partial charge in [0.15, 0.2) is 11.6 Å². The average Bonchev–Trinajstić information content (AvgIpc) is 2.27. The van der Waals surface area contributed by atoms with E-state index in [4.69, 9.17) is 5.73 Å². The van der Waals surface area contributed by atoms with Gasteiger partial charge in [0.05, 0.1) is 6.54 Å². The molecule has 0 saturated heterocycles. The van der Waals surface area contributed by atoms with Gasteiger partial charge in [0.25, 0.3) is 0 Å². The van der Waals surface area contributed by atoms with Crippen molar-refractivity contribution in [3.63, 3.8) is 0 Å². The van der Waals surface area contributed by atoms with Crippen LogP contribution in [-0.4, -0.2) is 14.5 Å². The highest BCUT2D eigenvalue weighted by atomic mass is 19.1. The first-order valence-corrected chi connectivity index (χ1v) is 4.58. The van der Waals surface area contributed by atoms with E-state index >= 15 is 0 Å². The largest absolute Gasteiger partial charge is 0.381 e. The monoisotopic (exact) mass is 220 g/mol. The molecule has 5 nitrogen and oxygen atoms in total. The first kappa shape index (κ1) is 10.3. The lowest BCUT2D eigenvalue weighted by molar-refractivity contribution is 0.586. The molecule has 0 saturated carbocycles. The highest BCUT2D eigenvalue weighted by Crippen LogP contribution is 2.03. The van der Waals surface area contributed by atoms with Crippen LogP contribution in [0.2, 0.25) is 0 Å². The summed E-state index contributed by atoms with van der Waals surface area (Å²) in [6, 6.07) is 3.52. The van der Waals surface area contributed by atoms with Crippen LogP contribution >= 0.6 is 0 Å². The Morgan fingerprint density at radius 2 is 2.31 bits per heavy atom. The Morgan fingerprint density at radius 3 is 3.00 bits per heavy atom. The third-order valence-corrected chi connectivity index (χ3v) is 2.05. The number of nitrogen functional groups attached to an aromatic ring is 1. The van der Waals surface area contributed by atoms with Gasteiger partial charge in [-0.25, -0.2) is 9.18 Å². The number of rotatable bonds is 2. The Morgan fingerprint density at radius 1 is 1.50 bits per heavy atom. The van der Waals surface area contributed by atoms with Gasteiger partial charge in [-0.05, 0) is 11.6 Å². The lowest BCUT2D eigenvalue weighted by atomic mass is 10.3. The molecule has 0 atom stereocenters. The quantitative estimate of drug-likeness (QED) is 0.795. The van der Waals surface area contributed by atoms with Crippen molar-refractivity contribution in [2.24, 2.45) is 0 Å². The van der Waals surface area contributed by atoms with Gasteiger partial charge in [0.2, 0.25) is 0 Å². The van der Waals surface area contributed by atoms with Gasteiger partial charge in [-0.2, -0.15) is 4.98 Å². The third-order valence-electron chi connectivity index (χ3n) is 2.05. The summed E-state index contributed by atoms with van der Waals surface area (Å²) in [6.07, 6.45) is 4.26. The van der Waals surface area contributed by atoms with Gasteiger partial charge in [-0.15, -0.1) is 0 Å². The second-order valence-corrected chi connectivity index (χ2v) is 3.25. The molecule has 2 rings (SSSR count). The fraction of sp³-hybridized carbons (Fsp3) is 0.100. The molecule has 2 aromatic heterocycles. The molecule has 0 fully saturated rings. The van der Waals surface area contributed by atoms with E-state index in [1.165, 1.54) is 0 Å². The molecule has 2 aromatic rings. The molecule has 2 N–H and O–H groups in total. The van der Waals surface area contributed by atoms with E-state index in [1.807, 2.05) is 0 Å². The van der Waals surface area contributed by atoms with Crippen LogP contribution in [0.4, 0.5) is 10.2 Å². The number of nitrogens with zero attached hydrogens (tertiary/aromatic N) is 3. The number of pyridine rings is 1. The molecule has 0 aliphatic heterocycles. The van der Waals surface area contributed by atoms with Crippen molar-refractivity contribution in [2.45, 2.75) is 6.54 Å². The van der Waals surface area contributed by atoms with E-state index in [2.05, 4.69) is 9.97 Å². The number of aromatic nitrogens is 3. The molecular weight excluding hydrogens is 211 g/mol. The fourth-order valence-corrected chi connectivity index (χ4v) is 1.28. The van der Waals surface area contributed by atoms with Crippen molar-refractivity contribution >= 4 is 5.82 Å². The van der Waals surface area contributed by atoms with Crippen LogP contribution in [-0.2, 0) is 6.54 Å². The third kappa shape index (κ3) is 2.05. The summed E-state index contributed by atoms with van der Waals surface area (Å²) < 4.78 is 14.2. The zero-order valence-corrected chi connectivity index (χ0v) is 8.30. The highest BCUT2D eigenvalue weighted by Gasteiger charge is 2.05. The number of hydrogen-bond acceptors (Lipinski definition) is 4. The van der Waals surface area contributed by atoms with Crippen molar-refractivity contribution in [1.82, 2.24) is 14.5 Å². The molecule has 0 aliphatic carbocycles. The van der Waals surface area contributed by atoms with Crippen LogP contribution in [0.15, 0.2) is 35.5 Å². The van der Waals surface area contributed by atoms with Gasteiger partial charge in [-0.3, -0.25) is 9.55 Å². The van der Waals surface area contributed by atoms with Crippen molar-refractivity contribution in [2.75, 3.05) is 5.73 Å². The van der Waals surface area contributed by atoms with E-state index in [-0.39, 0.29) is 12.4 Å². The standard InChI is InChI=1S/C10H9FN4O/c11-8-6-15(10(16)14-9(8)12)5-7-2-1-3-13-4-7/h1-4,6H,5H2,(H2,12,14,16). The summed E-state index contributed by atoms with van der Waals surface area (Å²) in [5.74, 6) is -1.09. The van der Waals surface area contributed by atoms with E-state index < -0.39 is 11.5 Å². The zero-order chi connectivity index (χ0) is 11.5. The van der Waals surface area contributed by atoms with E-state index in [9.17, 15) is 9.18 Å². The van der Waals surface area contributed by atoms with Gasteiger partial charge >= 0.3 is 5.69 Å². The van der Waals surface area contributed by atoms with E-state index in [0.717, 1.165) is 16.3 Å².